The zero-order chi connectivity index (χ0) is 17.6. The van der Waals surface area contributed by atoms with E-state index in [9.17, 15) is 9.90 Å². The molecule has 1 unspecified atom stereocenters. The second-order valence-electron chi connectivity index (χ2n) is 5.33. The van der Waals surface area contributed by atoms with Crippen LogP contribution in [0.5, 0.6) is 0 Å². The highest BCUT2D eigenvalue weighted by molar-refractivity contribution is 7.99. The molecule has 25 heavy (non-hydrogen) atoms. The average molecular weight is 373 g/mol. The molecule has 0 spiro atoms. The van der Waals surface area contributed by atoms with Gasteiger partial charge in [0.2, 0.25) is 0 Å². The van der Waals surface area contributed by atoms with Gasteiger partial charge in [0.1, 0.15) is 11.9 Å². The molecule has 6 heteroatoms. The maximum atomic E-state index is 12.5. The molecule has 2 aromatic heterocycles. The van der Waals surface area contributed by atoms with Gasteiger partial charge >= 0.3 is 0 Å². The van der Waals surface area contributed by atoms with Crippen LogP contribution in [0, 0.1) is 0 Å². The number of amides is 1. The van der Waals surface area contributed by atoms with Gasteiger partial charge in [-0.05, 0) is 42.2 Å². The van der Waals surface area contributed by atoms with Gasteiger partial charge < -0.3 is 14.8 Å². The fourth-order valence-corrected chi connectivity index (χ4v) is 4.17. The standard InChI is InChI=1S/C19H19NO3S2/c1-2-24-16-8-4-3-6-14(16)19(22)20-12-13-9-10-17(25-13)18(21)15-7-5-11-23-15/h3-11,18,21H,2,12H2,1H3,(H,20,22). The second-order valence-corrected chi connectivity index (χ2v) is 7.84. The third kappa shape index (κ3) is 4.34. The van der Waals surface area contributed by atoms with Gasteiger partial charge in [0.25, 0.3) is 5.91 Å². The Morgan fingerprint density at radius 2 is 2.08 bits per heavy atom. The van der Waals surface area contributed by atoms with Crippen molar-refractivity contribution >= 4 is 29.0 Å². The molecular formula is C19H19NO3S2. The van der Waals surface area contributed by atoms with Gasteiger partial charge in [-0.25, -0.2) is 0 Å². The maximum absolute atomic E-state index is 12.5. The lowest BCUT2D eigenvalue weighted by Gasteiger charge is -2.08. The Labute approximate surface area is 154 Å². The quantitative estimate of drug-likeness (QED) is 0.600. The average Bonchev–Trinajstić information content (AvgIpc) is 3.32. The van der Waals surface area contributed by atoms with Crippen LogP contribution in [-0.4, -0.2) is 16.8 Å². The molecular weight excluding hydrogens is 354 g/mol. The molecule has 130 valence electrons. The number of carbonyl (C=O) groups excluding carboxylic acids is 1. The Hall–Kier alpha value is -2.02. The molecule has 3 rings (SSSR count). The van der Waals surface area contributed by atoms with Crippen molar-refractivity contribution in [1.29, 1.82) is 0 Å². The van der Waals surface area contributed by atoms with Crippen molar-refractivity contribution in [2.75, 3.05) is 5.75 Å². The predicted octanol–water partition coefficient (Wildman–Crippen LogP) is 4.46. The zero-order valence-corrected chi connectivity index (χ0v) is 15.4. The van der Waals surface area contributed by atoms with E-state index in [4.69, 9.17) is 4.42 Å². The Kier molecular flexibility index (Phi) is 5.96. The minimum absolute atomic E-state index is 0.0851. The van der Waals surface area contributed by atoms with Crippen LogP contribution in [-0.2, 0) is 6.54 Å². The molecule has 1 atom stereocenters. The highest BCUT2D eigenvalue weighted by Gasteiger charge is 2.16. The minimum atomic E-state index is -0.772. The van der Waals surface area contributed by atoms with E-state index in [1.807, 2.05) is 36.4 Å². The molecule has 0 fully saturated rings. The molecule has 4 nitrogen and oxygen atoms in total. The second kappa shape index (κ2) is 8.38. The fraction of sp³-hybridized carbons (Fsp3) is 0.211. The first-order chi connectivity index (χ1) is 12.2. The largest absolute Gasteiger partial charge is 0.466 e. The first-order valence-corrected chi connectivity index (χ1v) is 9.79. The van der Waals surface area contributed by atoms with Crippen LogP contribution in [0.4, 0.5) is 0 Å². The number of benzene rings is 1. The number of thioether (sulfide) groups is 1. The summed E-state index contributed by atoms with van der Waals surface area (Å²) in [6, 6.07) is 14.9. The summed E-state index contributed by atoms with van der Waals surface area (Å²) in [7, 11) is 0. The lowest BCUT2D eigenvalue weighted by molar-refractivity contribution is 0.0948. The highest BCUT2D eigenvalue weighted by atomic mass is 32.2. The van der Waals surface area contributed by atoms with E-state index in [1.54, 1.807) is 30.2 Å². The predicted molar refractivity (Wildman–Crippen MR) is 101 cm³/mol. The van der Waals surface area contributed by atoms with Crippen LogP contribution >= 0.6 is 23.1 Å². The Bertz CT molecular complexity index is 827. The monoisotopic (exact) mass is 373 g/mol. The molecule has 2 N–H and O–H groups in total. The summed E-state index contributed by atoms with van der Waals surface area (Å²) < 4.78 is 5.24. The molecule has 0 aliphatic rings. The molecule has 3 aromatic rings. The van der Waals surface area contributed by atoms with Crippen molar-refractivity contribution in [2.45, 2.75) is 24.5 Å². The lowest BCUT2D eigenvalue weighted by atomic mass is 10.2. The van der Waals surface area contributed by atoms with Gasteiger partial charge in [0.05, 0.1) is 18.4 Å². The number of aliphatic hydroxyl groups is 1. The molecule has 1 aromatic carbocycles. The maximum Gasteiger partial charge on any atom is 0.252 e. The van der Waals surface area contributed by atoms with Crippen LogP contribution in [0.1, 0.15) is 38.9 Å². The van der Waals surface area contributed by atoms with E-state index >= 15 is 0 Å². The third-order valence-electron chi connectivity index (χ3n) is 3.62. The van der Waals surface area contributed by atoms with Crippen LogP contribution in [0.25, 0.3) is 0 Å². The van der Waals surface area contributed by atoms with Crippen molar-refractivity contribution in [3.63, 3.8) is 0 Å². The third-order valence-corrected chi connectivity index (χ3v) is 5.71. The number of thiophene rings is 1. The van der Waals surface area contributed by atoms with Crippen LogP contribution in [0.15, 0.2) is 64.1 Å². The Morgan fingerprint density at radius 3 is 2.84 bits per heavy atom. The van der Waals surface area contributed by atoms with Gasteiger partial charge in [-0.1, -0.05) is 19.1 Å². The van der Waals surface area contributed by atoms with Crippen molar-refractivity contribution < 1.29 is 14.3 Å². The summed E-state index contributed by atoms with van der Waals surface area (Å²) in [5.41, 5.74) is 0.696. The number of rotatable bonds is 7. The van der Waals surface area contributed by atoms with E-state index in [2.05, 4.69) is 12.2 Å². The molecule has 2 heterocycles. The van der Waals surface area contributed by atoms with Gasteiger partial charge in [-0.3, -0.25) is 4.79 Å². The molecule has 0 saturated carbocycles. The van der Waals surface area contributed by atoms with E-state index in [1.165, 1.54) is 11.3 Å². The number of hydrogen-bond acceptors (Lipinski definition) is 5. The van der Waals surface area contributed by atoms with Crippen molar-refractivity contribution in [3.8, 4) is 0 Å². The molecule has 0 aliphatic carbocycles. The zero-order valence-electron chi connectivity index (χ0n) is 13.8. The first kappa shape index (κ1) is 17.8. The van der Waals surface area contributed by atoms with Gasteiger partial charge in [0, 0.05) is 14.6 Å². The summed E-state index contributed by atoms with van der Waals surface area (Å²) in [6.07, 6.45) is 0.769. The van der Waals surface area contributed by atoms with E-state index in [0.717, 1.165) is 20.4 Å². The van der Waals surface area contributed by atoms with E-state index < -0.39 is 6.10 Å². The molecule has 0 saturated heterocycles. The van der Waals surface area contributed by atoms with Crippen LogP contribution < -0.4 is 5.32 Å². The van der Waals surface area contributed by atoms with Gasteiger partial charge in [-0.15, -0.1) is 23.1 Å². The topological polar surface area (TPSA) is 62.5 Å². The van der Waals surface area contributed by atoms with Crippen molar-refractivity contribution in [1.82, 2.24) is 5.32 Å². The summed E-state index contributed by atoms with van der Waals surface area (Å²) in [5, 5.41) is 13.2. The number of nitrogens with one attached hydrogen (secondary N) is 1. The number of aliphatic hydroxyl groups excluding tert-OH is 1. The van der Waals surface area contributed by atoms with Crippen molar-refractivity contribution in [2.24, 2.45) is 0 Å². The summed E-state index contributed by atoms with van der Waals surface area (Å²) in [5.74, 6) is 1.35. The summed E-state index contributed by atoms with van der Waals surface area (Å²) in [6.45, 7) is 2.50. The molecule has 1 amide bonds. The molecule has 0 bridgehead atoms. The van der Waals surface area contributed by atoms with Gasteiger partial charge in [-0.2, -0.15) is 0 Å². The fourth-order valence-electron chi connectivity index (χ4n) is 2.42. The smallest absolute Gasteiger partial charge is 0.252 e. The number of carbonyl (C=O) groups is 1. The Balaban J connectivity index is 1.63. The number of furan rings is 1. The van der Waals surface area contributed by atoms with Crippen LogP contribution in [0.3, 0.4) is 0 Å². The number of hydrogen-bond donors (Lipinski definition) is 2. The van der Waals surface area contributed by atoms with E-state index in [0.29, 0.717) is 17.9 Å². The highest BCUT2D eigenvalue weighted by Crippen LogP contribution is 2.29. The first-order valence-electron chi connectivity index (χ1n) is 7.99. The van der Waals surface area contributed by atoms with Gasteiger partial charge in [0.15, 0.2) is 0 Å². The SMILES string of the molecule is CCSc1ccccc1C(=O)NCc1ccc(C(O)c2ccco2)s1. The molecule has 0 aliphatic heterocycles. The molecule has 0 radical (unpaired) electrons. The lowest BCUT2D eigenvalue weighted by Crippen LogP contribution is -2.22. The van der Waals surface area contributed by atoms with Crippen LogP contribution in [0.2, 0.25) is 0 Å². The minimum Gasteiger partial charge on any atom is -0.466 e. The summed E-state index contributed by atoms with van der Waals surface area (Å²) in [4.78, 5) is 15.2. The van der Waals surface area contributed by atoms with Crippen molar-refractivity contribution in [3.05, 3.63) is 75.9 Å². The Morgan fingerprint density at radius 1 is 1.24 bits per heavy atom. The summed E-state index contributed by atoms with van der Waals surface area (Å²) >= 11 is 3.12. The normalized spacial score (nSPS) is 12.1. The van der Waals surface area contributed by atoms with E-state index in [-0.39, 0.29) is 5.91 Å².